The van der Waals surface area contributed by atoms with Crippen LogP contribution in [0.2, 0.25) is 5.02 Å². The third-order valence-corrected chi connectivity index (χ3v) is 4.40. The Morgan fingerprint density at radius 3 is 2.39 bits per heavy atom. The number of hydrogen-bond acceptors (Lipinski definition) is 2. The second kappa shape index (κ2) is 7.85. The van der Waals surface area contributed by atoms with E-state index in [0.717, 1.165) is 21.7 Å². The molecule has 0 N–H and O–H groups in total. The molecule has 0 amide bonds. The molecular formula is C19H20Cl2O2. The fourth-order valence-corrected chi connectivity index (χ4v) is 2.70. The molecule has 122 valence electrons. The Morgan fingerprint density at radius 2 is 1.78 bits per heavy atom. The fourth-order valence-electron chi connectivity index (χ4n) is 2.31. The van der Waals surface area contributed by atoms with Gasteiger partial charge in [-0.25, -0.2) is 0 Å². The largest absolute Gasteiger partial charge is 0.465 e. The van der Waals surface area contributed by atoms with Crippen LogP contribution in [0.5, 0.6) is 0 Å². The minimum absolute atomic E-state index is 0.341. The smallest absolute Gasteiger partial charge is 0.326 e. The average Bonchev–Trinajstić information content (AvgIpc) is 2.54. The van der Waals surface area contributed by atoms with Crippen molar-refractivity contribution in [3.63, 3.8) is 0 Å². The second-order valence-electron chi connectivity index (χ2n) is 5.59. The lowest BCUT2D eigenvalue weighted by molar-refractivity contribution is -0.146. The quantitative estimate of drug-likeness (QED) is 0.507. The first-order valence-corrected chi connectivity index (χ1v) is 8.39. The summed E-state index contributed by atoms with van der Waals surface area (Å²) in [5, 5.41) is 0.732. The molecule has 2 nitrogen and oxygen atoms in total. The van der Waals surface area contributed by atoms with Crippen molar-refractivity contribution < 1.29 is 9.53 Å². The Morgan fingerprint density at radius 1 is 1.13 bits per heavy atom. The monoisotopic (exact) mass is 350 g/mol. The molecule has 2 aromatic rings. The summed E-state index contributed by atoms with van der Waals surface area (Å²) in [5.74, 6) is -0.366. The van der Waals surface area contributed by atoms with Gasteiger partial charge >= 0.3 is 5.97 Å². The standard InChI is InChI=1S/C19H20Cl2O2/c1-3-23-18(22)19(2,21)13-12-14-8-10-15(11-9-14)16-6-4-5-7-17(16)20/h4-11H,3,12-13H2,1-2H3. The Bertz CT molecular complexity index is 663. The first kappa shape index (κ1) is 17.8. The maximum absolute atomic E-state index is 11.8. The van der Waals surface area contributed by atoms with Crippen molar-refractivity contribution in [2.75, 3.05) is 6.61 Å². The van der Waals surface area contributed by atoms with Gasteiger partial charge in [0.25, 0.3) is 0 Å². The number of hydrogen-bond donors (Lipinski definition) is 0. The predicted molar refractivity (Wildman–Crippen MR) is 96.1 cm³/mol. The van der Waals surface area contributed by atoms with Crippen molar-refractivity contribution in [3.05, 3.63) is 59.1 Å². The van der Waals surface area contributed by atoms with E-state index in [1.54, 1.807) is 13.8 Å². The van der Waals surface area contributed by atoms with Gasteiger partial charge in [0.2, 0.25) is 0 Å². The summed E-state index contributed by atoms with van der Waals surface area (Å²) in [7, 11) is 0. The van der Waals surface area contributed by atoms with E-state index in [1.807, 2.05) is 48.5 Å². The lowest BCUT2D eigenvalue weighted by atomic mass is 9.98. The van der Waals surface area contributed by atoms with Gasteiger partial charge in [0.05, 0.1) is 6.61 Å². The Labute approximate surface area is 147 Å². The van der Waals surface area contributed by atoms with Crippen LogP contribution in [0.15, 0.2) is 48.5 Å². The molecule has 0 saturated carbocycles. The number of ether oxygens (including phenoxy) is 1. The highest BCUT2D eigenvalue weighted by Gasteiger charge is 2.31. The summed E-state index contributed by atoms with van der Waals surface area (Å²) in [6.07, 6.45) is 1.24. The molecule has 0 heterocycles. The molecule has 1 unspecified atom stereocenters. The van der Waals surface area contributed by atoms with Crippen molar-refractivity contribution in [2.45, 2.75) is 31.6 Å². The minimum atomic E-state index is -0.989. The molecule has 0 radical (unpaired) electrons. The lowest BCUT2D eigenvalue weighted by Gasteiger charge is -2.19. The van der Waals surface area contributed by atoms with Crippen LogP contribution in [-0.4, -0.2) is 17.5 Å². The van der Waals surface area contributed by atoms with Crippen LogP contribution in [0.4, 0.5) is 0 Å². The van der Waals surface area contributed by atoms with Crippen molar-refractivity contribution in [3.8, 4) is 11.1 Å². The first-order valence-electron chi connectivity index (χ1n) is 7.64. The molecule has 0 bridgehead atoms. The lowest BCUT2D eigenvalue weighted by Crippen LogP contribution is -2.31. The van der Waals surface area contributed by atoms with Gasteiger partial charge < -0.3 is 4.74 Å². The average molecular weight is 351 g/mol. The van der Waals surface area contributed by atoms with E-state index in [2.05, 4.69) is 0 Å². The Hall–Kier alpha value is -1.51. The SMILES string of the molecule is CCOC(=O)C(C)(Cl)CCc1ccc(-c2ccccc2Cl)cc1. The molecule has 4 heteroatoms. The third-order valence-electron chi connectivity index (χ3n) is 3.72. The van der Waals surface area contributed by atoms with Crippen LogP contribution < -0.4 is 0 Å². The van der Waals surface area contributed by atoms with Crippen molar-refractivity contribution in [1.82, 2.24) is 0 Å². The molecular weight excluding hydrogens is 331 g/mol. The van der Waals surface area contributed by atoms with E-state index in [1.165, 1.54) is 0 Å². The molecule has 0 aliphatic carbocycles. The molecule has 23 heavy (non-hydrogen) atoms. The predicted octanol–water partition coefficient (Wildman–Crippen LogP) is 5.50. The Kier molecular flexibility index (Phi) is 6.09. The molecule has 1 atom stereocenters. The van der Waals surface area contributed by atoms with Crippen molar-refractivity contribution >= 4 is 29.2 Å². The number of halogens is 2. The van der Waals surface area contributed by atoms with Crippen LogP contribution in [0.1, 0.15) is 25.8 Å². The number of alkyl halides is 1. The molecule has 0 aromatic heterocycles. The van der Waals surface area contributed by atoms with Gasteiger partial charge in [-0.2, -0.15) is 0 Å². The van der Waals surface area contributed by atoms with Crippen LogP contribution in [0.3, 0.4) is 0 Å². The maximum Gasteiger partial charge on any atom is 0.326 e. The molecule has 0 aliphatic heterocycles. The minimum Gasteiger partial charge on any atom is -0.465 e. The molecule has 0 aliphatic rings. The van der Waals surface area contributed by atoms with Crippen LogP contribution in [-0.2, 0) is 16.0 Å². The summed E-state index contributed by atoms with van der Waals surface area (Å²) >= 11 is 12.5. The summed E-state index contributed by atoms with van der Waals surface area (Å²) < 4.78 is 5.00. The van der Waals surface area contributed by atoms with Crippen LogP contribution >= 0.6 is 23.2 Å². The van der Waals surface area contributed by atoms with Crippen LogP contribution in [0, 0.1) is 0 Å². The summed E-state index contributed by atoms with van der Waals surface area (Å²) in [5.41, 5.74) is 3.20. The number of aryl methyl sites for hydroxylation is 1. The fraction of sp³-hybridized carbons (Fsp3) is 0.316. The number of carbonyl (C=O) groups is 1. The van der Waals surface area contributed by atoms with Gasteiger partial charge in [-0.15, -0.1) is 11.6 Å². The van der Waals surface area contributed by atoms with Gasteiger partial charge in [-0.05, 0) is 43.9 Å². The zero-order valence-corrected chi connectivity index (χ0v) is 14.8. The zero-order chi connectivity index (χ0) is 16.9. The van der Waals surface area contributed by atoms with Crippen molar-refractivity contribution in [1.29, 1.82) is 0 Å². The van der Waals surface area contributed by atoms with Gasteiger partial charge in [0.1, 0.15) is 4.87 Å². The first-order chi connectivity index (χ1) is 10.9. The highest BCUT2D eigenvalue weighted by Crippen LogP contribution is 2.28. The summed E-state index contributed by atoms with van der Waals surface area (Å²) in [6.45, 7) is 3.82. The number of carbonyl (C=O) groups excluding carboxylic acids is 1. The number of benzene rings is 2. The van der Waals surface area contributed by atoms with E-state index in [4.69, 9.17) is 27.9 Å². The Balaban J connectivity index is 2.03. The number of rotatable bonds is 6. The van der Waals surface area contributed by atoms with Gasteiger partial charge in [-0.1, -0.05) is 54.1 Å². The molecule has 0 saturated heterocycles. The van der Waals surface area contributed by atoms with Crippen LogP contribution in [0.25, 0.3) is 11.1 Å². The molecule has 2 rings (SSSR count). The van der Waals surface area contributed by atoms with Gasteiger partial charge in [0.15, 0.2) is 0 Å². The number of esters is 1. The molecule has 2 aromatic carbocycles. The highest BCUT2D eigenvalue weighted by molar-refractivity contribution is 6.33. The topological polar surface area (TPSA) is 26.3 Å². The summed E-state index contributed by atoms with van der Waals surface area (Å²) in [6, 6.07) is 15.9. The zero-order valence-electron chi connectivity index (χ0n) is 13.3. The van der Waals surface area contributed by atoms with Crippen molar-refractivity contribution in [2.24, 2.45) is 0 Å². The third kappa shape index (κ3) is 4.73. The van der Waals surface area contributed by atoms with Gasteiger partial charge in [-0.3, -0.25) is 4.79 Å². The van der Waals surface area contributed by atoms with Gasteiger partial charge in [0, 0.05) is 10.6 Å². The molecule has 0 fully saturated rings. The van der Waals surface area contributed by atoms with E-state index >= 15 is 0 Å². The van der Waals surface area contributed by atoms with E-state index in [-0.39, 0.29) is 5.97 Å². The van der Waals surface area contributed by atoms with E-state index < -0.39 is 4.87 Å². The summed E-state index contributed by atoms with van der Waals surface area (Å²) in [4.78, 5) is 10.8. The normalized spacial score (nSPS) is 13.4. The maximum atomic E-state index is 11.8. The van der Waals surface area contributed by atoms with E-state index in [9.17, 15) is 4.79 Å². The van der Waals surface area contributed by atoms with E-state index in [0.29, 0.717) is 19.4 Å². The second-order valence-corrected chi connectivity index (χ2v) is 6.84. The molecule has 0 spiro atoms. The highest BCUT2D eigenvalue weighted by atomic mass is 35.5.